The number of nitrogens with one attached hydrogen (secondary N) is 1. The Labute approximate surface area is 185 Å². The van der Waals surface area contributed by atoms with Gasteiger partial charge in [0, 0.05) is 18.0 Å². The second kappa shape index (κ2) is 8.23. The van der Waals surface area contributed by atoms with Crippen molar-refractivity contribution >= 4 is 16.8 Å². The number of hydrogen-bond donors (Lipinski definition) is 1. The number of hydrogen-bond acceptors (Lipinski definition) is 4. The normalized spacial score (nSPS) is 12.2. The van der Waals surface area contributed by atoms with Gasteiger partial charge in [-0.1, -0.05) is 54.1 Å². The zero-order valence-electron chi connectivity index (χ0n) is 17.6. The molecule has 0 unspecified atom stereocenters. The molecule has 1 amide bonds. The van der Waals surface area contributed by atoms with Gasteiger partial charge in [0.1, 0.15) is 0 Å². The Morgan fingerprint density at radius 2 is 1.78 bits per heavy atom. The van der Waals surface area contributed by atoms with Gasteiger partial charge in [-0.05, 0) is 36.2 Å². The average molecular weight is 426 g/mol. The molecule has 6 nitrogen and oxygen atoms in total. The van der Waals surface area contributed by atoms with E-state index in [1.165, 1.54) is 6.07 Å². The maximum Gasteiger partial charge on any atom is 0.252 e. The quantitative estimate of drug-likeness (QED) is 0.523. The molecule has 0 saturated carbocycles. The first kappa shape index (κ1) is 19.9. The van der Waals surface area contributed by atoms with Gasteiger partial charge in [-0.2, -0.15) is 0 Å². The molecule has 1 N–H and O–H groups in total. The highest BCUT2D eigenvalue weighted by atomic mass is 16.7. The fourth-order valence-corrected chi connectivity index (χ4v) is 4.01. The summed E-state index contributed by atoms with van der Waals surface area (Å²) in [7, 11) is 0. The minimum Gasteiger partial charge on any atom is -0.454 e. The second-order valence-electron chi connectivity index (χ2n) is 7.86. The second-order valence-corrected chi connectivity index (χ2v) is 7.86. The third-order valence-electron chi connectivity index (χ3n) is 5.58. The van der Waals surface area contributed by atoms with Crippen LogP contribution in [0.2, 0.25) is 0 Å². The minimum atomic E-state index is -0.293. The standard InChI is InChI=1S/C26H22N2O4/c1-17-5-4-6-19(11-17)15-28-22-8-3-2-7-20(22)21(13-25(28)29)26(30)27-14-18-9-10-23-24(12-18)32-16-31-23/h2-13H,14-16H2,1H3,(H,27,30). The van der Waals surface area contributed by atoms with Gasteiger partial charge in [0.2, 0.25) is 6.79 Å². The summed E-state index contributed by atoms with van der Waals surface area (Å²) >= 11 is 0. The van der Waals surface area contributed by atoms with Crippen molar-refractivity contribution in [1.82, 2.24) is 9.88 Å². The maximum atomic E-state index is 13.0. The van der Waals surface area contributed by atoms with Crippen LogP contribution in [0.15, 0.2) is 77.6 Å². The van der Waals surface area contributed by atoms with Crippen molar-refractivity contribution in [3.63, 3.8) is 0 Å². The van der Waals surface area contributed by atoms with Crippen molar-refractivity contribution in [2.24, 2.45) is 0 Å². The van der Waals surface area contributed by atoms with Crippen LogP contribution in [0.3, 0.4) is 0 Å². The van der Waals surface area contributed by atoms with E-state index in [0.29, 0.717) is 30.2 Å². The van der Waals surface area contributed by atoms with E-state index in [2.05, 4.69) is 11.4 Å². The number of aromatic nitrogens is 1. The van der Waals surface area contributed by atoms with Crippen molar-refractivity contribution in [2.45, 2.75) is 20.0 Å². The molecule has 160 valence electrons. The van der Waals surface area contributed by atoms with Gasteiger partial charge < -0.3 is 19.4 Å². The highest BCUT2D eigenvalue weighted by Gasteiger charge is 2.16. The van der Waals surface area contributed by atoms with Crippen LogP contribution < -0.4 is 20.3 Å². The summed E-state index contributed by atoms with van der Waals surface area (Å²) in [6.07, 6.45) is 0. The number of para-hydroxylation sites is 1. The van der Waals surface area contributed by atoms with Crippen molar-refractivity contribution in [1.29, 1.82) is 0 Å². The van der Waals surface area contributed by atoms with Crippen LogP contribution in [0.5, 0.6) is 11.5 Å². The van der Waals surface area contributed by atoms with Gasteiger partial charge in [0.15, 0.2) is 11.5 Å². The fourth-order valence-electron chi connectivity index (χ4n) is 4.01. The number of pyridine rings is 1. The average Bonchev–Trinajstić information content (AvgIpc) is 3.27. The molecule has 2 heterocycles. The molecule has 0 fully saturated rings. The van der Waals surface area contributed by atoms with Gasteiger partial charge in [-0.25, -0.2) is 0 Å². The fraction of sp³-hybridized carbons (Fsp3) is 0.154. The lowest BCUT2D eigenvalue weighted by molar-refractivity contribution is 0.0952. The number of carbonyl (C=O) groups is 1. The SMILES string of the molecule is Cc1cccc(Cn2c(=O)cc(C(=O)NCc3ccc4c(c3)OCO4)c3ccccc32)c1. The molecule has 0 spiro atoms. The minimum absolute atomic E-state index is 0.204. The molecule has 5 rings (SSSR count). The Bertz CT molecular complexity index is 1390. The highest BCUT2D eigenvalue weighted by molar-refractivity contribution is 6.06. The summed E-state index contributed by atoms with van der Waals surface area (Å²) in [5.74, 6) is 1.07. The van der Waals surface area contributed by atoms with Crippen LogP contribution >= 0.6 is 0 Å². The van der Waals surface area contributed by atoms with Crippen LogP contribution in [0.4, 0.5) is 0 Å². The lowest BCUT2D eigenvalue weighted by Crippen LogP contribution is -2.27. The zero-order chi connectivity index (χ0) is 22.1. The van der Waals surface area contributed by atoms with E-state index in [0.717, 1.165) is 27.6 Å². The molecule has 0 atom stereocenters. The summed E-state index contributed by atoms with van der Waals surface area (Å²) in [5, 5.41) is 3.66. The summed E-state index contributed by atoms with van der Waals surface area (Å²) in [6, 6.07) is 22.5. The number of ether oxygens (including phenoxy) is 2. The van der Waals surface area contributed by atoms with Gasteiger partial charge in [0.05, 0.1) is 17.6 Å². The summed E-state index contributed by atoms with van der Waals surface area (Å²) in [5.41, 5.74) is 3.95. The Balaban J connectivity index is 1.44. The zero-order valence-corrected chi connectivity index (χ0v) is 17.6. The summed E-state index contributed by atoms with van der Waals surface area (Å²) in [4.78, 5) is 26.0. The molecule has 0 radical (unpaired) electrons. The smallest absolute Gasteiger partial charge is 0.252 e. The third-order valence-corrected chi connectivity index (χ3v) is 5.58. The first-order chi connectivity index (χ1) is 15.6. The molecule has 1 aromatic heterocycles. The third kappa shape index (κ3) is 3.83. The molecule has 0 saturated heterocycles. The molecule has 3 aromatic carbocycles. The predicted octanol–water partition coefficient (Wildman–Crippen LogP) is 4.02. The molecule has 1 aliphatic heterocycles. The molecule has 6 heteroatoms. The molecular formula is C26H22N2O4. The number of fused-ring (bicyclic) bond motifs is 2. The van der Waals surface area contributed by atoms with E-state index in [-0.39, 0.29) is 18.3 Å². The van der Waals surface area contributed by atoms with E-state index in [4.69, 9.17) is 9.47 Å². The number of aryl methyl sites for hydroxylation is 1. The van der Waals surface area contributed by atoms with Crippen molar-refractivity contribution in [2.75, 3.05) is 6.79 Å². The highest BCUT2D eigenvalue weighted by Crippen LogP contribution is 2.32. The molecule has 0 bridgehead atoms. The first-order valence-electron chi connectivity index (χ1n) is 10.4. The van der Waals surface area contributed by atoms with E-state index in [9.17, 15) is 9.59 Å². The van der Waals surface area contributed by atoms with Crippen molar-refractivity contribution in [3.8, 4) is 11.5 Å². The lowest BCUT2D eigenvalue weighted by atomic mass is 10.1. The van der Waals surface area contributed by atoms with Crippen LogP contribution in [0, 0.1) is 6.92 Å². The molecule has 0 aliphatic carbocycles. The van der Waals surface area contributed by atoms with Crippen LogP contribution in [0.25, 0.3) is 10.9 Å². The largest absolute Gasteiger partial charge is 0.454 e. The number of nitrogens with zero attached hydrogens (tertiary/aromatic N) is 1. The number of rotatable bonds is 5. The molecular weight excluding hydrogens is 404 g/mol. The maximum absolute atomic E-state index is 13.0. The van der Waals surface area contributed by atoms with Gasteiger partial charge in [0.25, 0.3) is 11.5 Å². The van der Waals surface area contributed by atoms with E-state index in [1.54, 1.807) is 4.57 Å². The van der Waals surface area contributed by atoms with Crippen LogP contribution in [-0.4, -0.2) is 17.3 Å². The Hall–Kier alpha value is -4.06. The van der Waals surface area contributed by atoms with Crippen LogP contribution in [0.1, 0.15) is 27.0 Å². The van der Waals surface area contributed by atoms with E-state index in [1.807, 2.05) is 67.6 Å². The number of amides is 1. The van der Waals surface area contributed by atoms with Gasteiger partial charge in [-0.3, -0.25) is 9.59 Å². The lowest BCUT2D eigenvalue weighted by Gasteiger charge is -2.14. The van der Waals surface area contributed by atoms with Crippen molar-refractivity contribution < 1.29 is 14.3 Å². The first-order valence-corrected chi connectivity index (χ1v) is 10.4. The van der Waals surface area contributed by atoms with Gasteiger partial charge >= 0.3 is 0 Å². The molecule has 1 aliphatic rings. The number of carbonyl (C=O) groups excluding carboxylic acids is 1. The Morgan fingerprint density at radius 1 is 0.938 bits per heavy atom. The number of benzene rings is 3. The van der Waals surface area contributed by atoms with E-state index < -0.39 is 0 Å². The molecule has 4 aromatic rings. The predicted molar refractivity (Wildman–Crippen MR) is 122 cm³/mol. The van der Waals surface area contributed by atoms with E-state index >= 15 is 0 Å². The van der Waals surface area contributed by atoms with Crippen molar-refractivity contribution in [3.05, 3.63) is 105 Å². The Morgan fingerprint density at radius 3 is 2.66 bits per heavy atom. The molecule has 32 heavy (non-hydrogen) atoms. The summed E-state index contributed by atoms with van der Waals surface area (Å²) in [6.45, 7) is 2.99. The monoisotopic (exact) mass is 426 g/mol. The summed E-state index contributed by atoms with van der Waals surface area (Å²) < 4.78 is 12.4. The Kier molecular flexibility index (Phi) is 5.11. The van der Waals surface area contributed by atoms with Gasteiger partial charge in [-0.15, -0.1) is 0 Å². The van der Waals surface area contributed by atoms with Crippen LogP contribution in [-0.2, 0) is 13.1 Å². The topological polar surface area (TPSA) is 69.6 Å².